The maximum Gasteiger partial charge on any atom is 0.212 e. The van der Waals surface area contributed by atoms with E-state index in [4.69, 9.17) is 0 Å². The van der Waals surface area contributed by atoms with Crippen LogP contribution in [0.5, 0.6) is 5.88 Å². The van der Waals surface area contributed by atoms with Crippen molar-refractivity contribution in [3.63, 3.8) is 0 Å². The molecule has 1 aromatic heterocycles. The fraction of sp³-hybridized carbons (Fsp3) is 0.727. The van der Waals surface area contributed by atoms with Crippen LogP contribution in [-0.2, 0) is 13.5 Å². The van der Waals surface area contributed by atoms with Crippen LogP contribution in [0.4, 0.5) is 0 Å². The van der Waals surface area contributed by atoms with Crippen LogP contribution in [0.3, 0.4) is 0 Å². The molecule has 0 unspecified atom stereocenters. The summed E-state index contributed by atoms with van der Waals surface area (Å²) in [4.78, 5) is 0. The molecule has 3 heteroatoms. The lowest BCUT2D eigenvalue weighted by Gasteiger charge is -2.07. The molecule has 0 aliphatic carbocycles. The van der Waals surface area contributed by atoms with Gasteiger partial charge in [-0.2, -0.15) is 5.10 Å². The van der Waals surface area contributed by atoms with Crippen molar-refractivity contribution >= 4 is 0 Å². The van der Waals surface area contributed by atoms with Gasteiger partial charge in [0, 0.05) is 12.6 Å². The standard InChI is InChI=1S/C11H20N2O/c1-7(2)6-9-10(8(3)4)12-13(5)11(9)14/h7-8,14H,6H2,1-5H3. The molecule has 0 aromatic carbocycles. The second kappa shape index (κ2) is 4.03. The van der Waals surface area contributed by atoms with Gasteiger partial charge in [0.2, 0.25) is 5.88 Å². The monoisotopic (exact) mass is 196 g/mol. The van der Waals surface area contributed by atoms with Gasteiger partial charge >= 0.3 is 0 Å². The normalized spacial score (nSPS) is 11.6. The van der Waals surface area contributed by atoms with Crippen molar-refractivity contribution in [1.29, 1.82) is 0 Å². The van der Waals surface area contributed by atoms with Crippen molar-refractivity contribution in [3.05, 3.63) is 11.3 Å². The molecular weight excluding hydrogens is 176 g/mol. The van der Waals surface area contributed by atoms with Crippen LogP contribution in [0.1, 0.15) is 44.9 Å². The van der Waals surface area contributed by atoms with Gasteiger partial charge in [0.15, 0.2) is 0 Å². The Morgan fingerprint density at radius 2 is 1.86 bits per heavy atom. The number of aromatic hydroxyl groups is 1. The van der Waals surface area contributed by atoms with Gasteiger partial charge in [-0.3, -0.25) is 0 Å². The van der Waals surface area contributed by atoms with Crippen LogP contribution in [0, 0.1) is 5.92 Å². The van der Waals surface area contributed by atoms with Crippen molar-refractivity contribution in [2.75, 3.05) is 0 Å². The number of nitrogens with zero attached hydrogens (tertiary/aromatic N) is 2. The smallest absolute Gasteiger partial charge is 0.212 e. The molecule has 80 valence electrons. The second-order valence-corrected chi connectivity index (χ2v) is 4.56. The minimum Gasteiger partial charge on any atom is -0.493 e. The van der Waals surface area contributed by atoms with E-state index in [9.17, 15) is 5.11 Å². The summed E-state index contributed by atoms with van der Waals surface area (Å²) in [5.41, 5.74) is 2.04. The first-order valence-electron chi connectivity index (χ1n) is 5.18. The zero-order valence-corrected chi connectivity index (χ0v) is 9.70. The number of aromatic nitrogens is 2. The zero-order chi connectivity index (χ0) is 10.9. The molecule has 0 aliphatic heterocycles. The predicted molar refractivity (Wildman–Crippen MR) is 57.5 cm³/mol. The predicted octanol–water partition coefficient (Wildman–Crippen LogP) is 2.45. The van der Waals surface area contributed by atoms with E-state index < -0.39 is 0 Å². The molecular formula is C11H20N2O. The average molecular weight is 196 g/mol. The molecule has 0 spiro atoms. The lowest BCUT2D eigenvalue weighted by atomic mass is 9.98. The SMILES string of the molecule is CC(C)Cc1c(C(C)C)nn(C)c1O. The van der Waals surface area contributed by atoms with Gasteiger partial charge in [-0.25, -0.2) is 4.68 Å². The summed E-state index contributed by atoms with van der Waals surface area (Å²) >= 11 is 0. The number of hydrogen-bond donors (Lipinski definition) is 1. The number of aryl methyl sites for hydroxylation is 1. The van der Waals surface area contributed by atoms with Crippen molar-refractivity contribution in [1.82, 2.24) is 9.78 Å². The Hall–Kier alpha value is -0.990. The van der Waals surface area contributed by atoms with E-state index in [0.29, 0.717) is 17.7 Å². The van der Waals surface area contributed by atoms with Crippen molar-refractivity contribution in [2.24, 2.45) is 13.0 Å². The Morgan fingerprint density at radius 3 is 2.29 bits per heavy atom. The van der Waals surface area contributed by atoms with Gasteiger partial charge in [0.05, 0.1) is 5.69 Å². The van der Waals surface area contributed by atoms with Crippen LogP contribution in [0.15, 0.2) is 0 Å². The van der Waals surface area contributed by atoms with E-state index in [2.05, 4.69) is 32.8 Å². The third kappa shape index (κ3) is 2.08. The van der Waals surface area contributed by atoms with E-state index in [1.807, 2.05) is 0 Å². The quantitative estimate of drug-likeness (QED) is 0.806. The molecule has 0 saturated heterocycles. The van der Waals surface area contributed by atoms with E-state index >= 15 is 0 Å². The molecule has 0 bridgehead atoms. The van der Waals surface area contributed by atoms with Crippen molar-refractivity contribution in [3.8, 4) is 5.88 Å². The molecule has 1 aromatic rings. The number of rotatable bonds is 3. The molecule has 1 rings (SSSR count). The average Bonchev–Trinajstić information content (AvgIpc) is 2.32. The summed E-state index contributed by atoms with van der Waals surface area (Å²) in [6.45, 7) is 8.50. The molecule has 0 saturated carbocycles. The fourth-order valence-corrected chi connectivity index (χ4v) is 1.65. The molecule has 14 heavy (non-hydrogen) atoms. The summed E-state index contributed by atoms with van der Waals surface area (Å²) in [5.74, 6) is 1.24. The summed E-state index contributed by atoms with van der Waals surface area (Å²) in [6, 6.07) is 0. The lowest BCUT2D eigenvalue weighted by molar-refractivity contribution is 0.411. The van der Waals surface area contributed by atoms with Crippen molar-refractivity contribution in [2.45, 2.75) is 40.0 Å². The van der Waals surface area contributed by atoms with Crippen LogP contribution < -0.4 is 0 Å². The van der Waals surface area contributed by atoms with Gasteiger partial charge in [-0.05, 0) is 18.3 Å². The molecule has 0 aliphatic rings. The highest BCUT2D eigenvalue weighted by molar-refractivity contribution is 5.32. The minimum atomic E-state index is 0.322. The highest BCUT2D eigenvalue weighted by Crippen LogP contribution is 2.28. The first-order chi connectivity index (χ1) is 6.43. The lowest BCUT2D eigenvalue weighted by Crippen LogP contribution is -1.99. The maximum absolute atomic E-state index is 9.82. The topological polar surface area (TPSA) is 38.0 Å². The maximum atomic E-state index is 9.82. The van der Waals surface area contributed by atoms with Crippen LogP contribution in [0.25, 0.3) is 0 Å². The van der Waals surface area contributed by atoms with Gasteiger partial charge < -0.3 is 5.11 Å². The fourth-order valence-electron chi connectivity index (χ4n) is 1.65. The third-order valence-corrected chi connectivity index (χ3v) is 2.30. The molecule has 0 amide bonds. The zero-order valence-electron chi connectivity index (χ0n) is 9.70. The summed E-state index contributed by atoms with van der Waals surface area (Å²) in [7, 11) is 1.78. The Bertz CT molecular complexity index is 313. The van der Waals surface area contributed by atoms with Gasteiger partial charge in [0.1, 0.15) is 0 Å². The van der Waals surface area contributed by atoms with Gasteiger partial charge in [0.25, 0.3) is 0 Å². The highest BCUT2D eigenvalue weighted by Gasteiger charge is 2.18. The molecule has 0 radical (unpaired) electrons. The van der Waals surface area contributed by atoms with Gasteiger partial charge in [-0.1, -0.05) is 27.7 Å². The molecule has 0 atom stereocenters. The number of hydrogen-bond acceptors (Lipinski definition) is 2. The molecule has 1 N–H and O–H groups in total. The Kier molecular flexibility index (Phi) is 3.19. The first kappa shape index (κ1) is 11.1. The summed E-state index contributed by atoms with van der Waals surface area (Å²) in [6.07, 6.45) is 0.896. The van der Waals surface area contributed by atoms with Crippen molar-refractivity contribution < 1.29 is 5.11 Å². The van der Waals surface area contributed by atoms with E-state index in [-0.39, 0.29) is 0 Å². The van der Waals surface area contributed by atoms with Crippen LogP contribution in [0.2, 0.25) is 0 Å². The van der Waals surface area contributed by atoms with E-state index in [0.717, 1.165) is 17.7 Å². The molecule has 1 heterocycles. The molecule has 3 nitrogen and oxygen atoms in total. The van der Waals surface area contributed by atoms with E-state index in [1.165, 1.54) is 0 Å². The first-order valence-corrected chi connectivity index (χ1v) is 5.18. The second-order valence-electron chi connectivity index (χ2n) is 4.56. The summed E-state index contributed by atoms with van der Waals surface area (Å²) < 4.78 is 1.56. The summed E-state index contributed by atoms with van der Waals surface area (Å²) in [5, 5.41) is 14.1. The highest BCUT2D eigenvalue weighted by atomic mass is 16.3. The Morgan fingerprint density at radius 1 is 1.29 bits per heavy atom. The van der Waals surface area contributed by atoms with E-state index in [1.54, 1.807) is 11.7 Å². The Balaban J connectivity index is 3.10. The van der Waals surface area contributed by atoms with Crippen LogP contribution in [-0.4, -0.2) is 14.9 Å². The van der Waals surface area contributed by atoms with Gasteiger partial charge in [-0.15, -0.1) is 0 Å². The molecule has 0 fully saturated rings. The van der Waals surface area contributed by atoms with Crippen LogP contribution >= 0.6 is 0 Å². The Labute approximate surface area is 85.8 Å². The minimum absolute atomic E-state index is 0.322. The third-order valence-electron chi connectivity index (χ3n) is 2.30. The largest absolute Gasteiger partial charge is 0.493 e.